The molecule has 1 aromatic heterocycles. The molecule has 0 aliphatic carbocycles. The predicted molar refractivity (Wildman–Crippen MR) is 40.8 cm³/mol. The molecule has 1 atom stereocenters. The lowest BCUT2D eigenvalue weighted by atomic mass is 10.1. The van der Waals surface area contributed by atoms with E-state index >= 15 is 0 Å². The number of rotatable bonds is 1. The smallest absolute Gasteiger partial charge is 0.324 e. The molecule has 6 heteroatoms. The van der Waals surface area contributed by atoms with Crippen LogP contribution < -0.4 is 5.73 Å². The van der Waals surface area contributed by atoms with Crippen LogP contribution in [0.2, 0.25) is 0 Å². The molecule has 1 aromatic rings. The van der Waals surface area contributed by atoms with E-state index in [0.29, 0.717) is 0 Å². The summed E-state index contributed by atoms with van der Waals surface area (Å²) in [6, 6.07) is -0.662. The largest absolute Gasteiger partial charge is 0.435 e. The lowest BCUT2D eigenvalue weighted by Crippen LogP contribution is -2.14. The van der Waals surface area contributed by atoms with Crippen molar-refractivity contribution < 1.29 is 13.2 Å². The zero-order valence-electron chi connectivity index (χ0n) is 7.26. The van der Waals surface area contributed by atoms with Crippen LogP contribution in [0.25, 0.3) is 0 Å². The normalized spacial score (nSPS) is 14.6. The van der Waals surface area contributed by atoms with Gasteiger partial charge in [0.2, 0.25) is 0 Å². The molecule has 13 heavy (non-hydrogen) atoms. The number of nitrogens with two attached hydrogens (primary N) is 1. The molecule has 1 heterocycles. The van der Waals surface area contributed by atoms with Crippen LogP contribution in [0.5, 0.6) is 0 Å². The van der Waals surface area contributed by atoms with E-state index in [1.165, 1.54) is 20.2 Å². The molecule has 0 saturated carbocycles. The molecular weight excluding hydrogens is 183 g/mol. The van der Waals surface area contributed by atoms with E-state index in [0.717, 1.165) is 4.68 Å². The Kier molecular flexibility index (Phi) is 2.34. The van der Waals surface area contributed by atoms with Crippen molar-refractivity contribution in [2.24, 2.45) is 12.8 Å². The third-order valence-corrected chi connectivity index (χ3v) is 1.62. The molecule has 0 fully saturated rings. The lowest BCUT2D eigenvalue weighted by molar-refractivity contribution is -0.142. The lowest BCUT2D eigenvalue weighted by Gasteiger charge is -2.07. The standard InChI is InChI=1S/C7H10F3N3/c1-4(11)5-3-13(2)12-6(5)7(8,9)10/h3-4H,11H2,1-2H3. The fourth-order valence-electron chi connectivity index (χ4n) is 1.06. The van der Waals surface area contributed by atoms with Crippen LogP contribution in [0.3, 0.4) is 0 Å². The molecule has 74 valence electrons. The van der Waals surface area contributed by atoms with Gasteiger partial charge >= 0.3 is 6.18 Å². The summed E-state index contributed by atoms with van der Waals surface area (Å²) in [6.45, 7) is 1.49. The van der Waals surface area contributed by atoms with Crippen molar-refractivity contribution in [2.45, 2.75) is 19.1 Å². The first-order valence-corrected chi connectivity index (χ1v) is 3.68. The molecule has 2 N–H and O–H groups in total. The quantitative estimate of drug-likeness (QED) is 0.733. The van der Waals surface area contributed by atoms with Crippen molar-refractivity contribution in [1.29, 1.82) is 0 Å². The van der Waals surface area contributed by atoms with Gasteiger partial charge in [-0.3, -0.25) is 4.68 Å². The van der Waals surface area contributed by atoms with Gasteiger partial charge in [-0.05, 0) is 6.92 Å². The highest BCUT2D eigenvalue weighted by Crippen LogP contribution is 2.32. The van der Waals surface area contributed by atoms with Gasteiger partial charge in [0.25, 0.3) is 0 Å². The first-order valence-electron chi connectivity index (χ1n) is 3.68. The summed E-state index contributed by atoms with van der Waals surface area (Å²) in [5, 5.41) is 3.31. The molecule has 0 saturated heterocycles. The number of aryl methyl sites for hydroxylation is 1. The molecule has 0 amide bonds. The molecular formula is C7H10F3N3. The van der Waals surface area contributed by atoms with E-state index in [4.69, 9.17) is 5.73 Å². The number of aromatic nitrogens is 2. The molecule has 0 radical (unpaired) electrons. The summed E-state index contributed by atoms with van der Waals surface area (Å²) in [5.41, 5.74) is 4.50. The van der Waals surface area contributed by atoms with Crippen LogP contribution in [0.1, 0.15) is 24.2 Å². The number of halogens is 3. The van der Waals surface area contributed by atoms with Gasteiger partial charge in [-0.25, -0.2) is 0 Å². The van der Waals surface area contributed by atoms with E-state index < -0.39 is 17.9 Å². The SMILES string of the molecule is CC(N)c1cn(C)nc1C(F)(F)F. The maximum Gasteiger partial charge on any atom is 0.435 e. The molecule has 1 rings (SSSR count). The van der Waals surface area contributed by atoms with Crippen LogP contribution in [0.15, 0.2) is 6.20 Å². The van der Waals surface area contributed by atoms with Gasteiger partial charge in [-0.2, -0.15) is 18.3 Å². The van der Waals surface area contributed by atoms with Crippen LogP contribution in [0.4, 0.5) is 13.2 Å². The van der Waals surface area contributed by atoms with Crippen molar-refractivity contribution in [1.82, 2.24) is 9.78 Å². The van der Waals surface area contributed by atoms with Crippen LogP contribution in [-0.4, -0.2) is 9.78 Å². The van der Waals surface area contributed by atoms with Gasteiger partial charge < -0.3 is 5.73 Å². The first kappa shape index (κ1) is 10.0. The Hall–Kier alpha value is -1.04. The van der Waals surface area contributed by atoms with Gasteiger partial charge in [0.15, 0.2) is 5.69 Å². The average molecular weight is 193 g/mol. The zero-order valence-corrected chi connectivity index (χ0v) is 7.26. The highest BCUT2D eigenvalue weighted by atomic mass is 19.4. The molecule has 3 nitrogen and oxygen atoms in total. The topological polar surface area (TPSA) is 43.8 Å². The summed E-state index contributed by atoms with van der Waals surface area (Å²) in [7, 11) is 1.43. The van der Waals surface area contributed by atoms with Crippen molar-refractivity contribution in [3.8, 4) is 0 Å². The van der Waals surface area contributed by atoms with Crippen LogP contribution >= 0.6 is 0 Å². The molecule has 0 aromatic carbocycles. The summed E-state index contributed by atoms with van der Waals surface area (Å²) in [5.74, 6) is 0. The van der Waals surface area contributed by atoms with Crippen molar-refractivity contribution in [2.75, 3.05) is 0 Å². The Morgan fingerprint density at radius 2 is 2.08 bits per heavy atom. The van der Waals surface area contributed by atoms with Crippen molar-refractivity contribution >= 4 is 0 Å². The Morgan fingerprint density at radius 1 is 1.54 bits per heavy atom. The minimum absolute atomic E-state index is 0.0231. The number of hydrogen-bond acceptors (Lipinski definition) is 2. The second-order valence-corrected chi connectivity index (χ2v) is 2.89. The molecule has 0 aliphatic rings. The van der Waals surface area contributed by atoms with Gasteiger partial charge in [0.1, 0.15) is 0 Å². The summed E-state index contributed by atoms with van der Waals surface area (Å²) >= 11 is 0. The monoisotopic (exact) mass is 193 g/mol. The Morgan fingerprint density at radius 3 is 2.38 bits per heavy atom. The fraction of sp³-hybridized carbons (Fsp3) is 0.571. The highest BCUT2D eigenvalue weighted by molar-refractivity contribution is 5.22. The maximum atomic E-state index is 12.3. The summed E-state index contributed by atoms with van der Waals surface area (Å²) < 4.78 is 38.0. The van der Waals surface area contributed by atoms with E-state index in [1.807, 2.05) is 0 Å². The van der Waals surface area contributed by atoms with E-state index in [2.05, 4.69) is 5.10 Å². The average Bonchev–Trinajstić information content (AvgIpc) is 2.29. The molecule has 0 aliphatic heterocycles. The van der Waals surface area contributed by atoms with Crippen molar-refractivity contribution in [3.63, 3.8) is 0 Å². The van der Waals surface area contributed by atoms with Gasteiger partial charge in [0, 0.05) is 24.8 Å². The third kappa shape index (κ3) is 2.00. The minimum atomic E-state index is -4.43. The Balaban J connectivity index is 3.20. The minimum Gasteiger partial charge on any atom is -0.324 e. The summed E-state index contributed by atoms with van der Waals surface area (Å²) in [6.07, 6.45) is -3.14. The fourth-order valence-corrected chi connectivity index (χ4v) is 1.06. The predicted octanol–water partition coefficient (Wildman–Crippen LogP) is 1.46. The second kappa shape index (κ2) is 3.02. The van der Waals surface area contributed by atoms with Crippen LogP contribution in [0, 0.1) is 0 Å². The van der Waals surface area contributed by atoms with E-state index in [1.54, 1.807) is 0 Å². The number of hydrogen-bond donors (Lipinski definition) is 1. The first-order chi connectivity index (χ1) is 5.82. The molecule has 1 unspecified atom stereocenters. The van der Waals surface area contributed by atoms with Gasteiger partial charge in [0.05, 0.1) is 0 Å². The Labute approximate surface area is 73.3 Å². The van der Waals surface area contributed by atoms with Gasteiger partial charge in [-0.15, -0.1) is 0 Å². The Bertz CT molecular complexity index is 300. The zero-order chi connectivity index (χ0) is 10.2. The number of alkyl halides is 3. The maximum absolute atomic E-state index is 12.3. The second-order valence-electron chi connectivity index (χ2n) is 2.89. The molecule has 0 bridgehead atoms. The number of nitrogens with zero attached hydrogens (tertiary/aromatic N) is 2. The highest BCUT2D eigenvalue weighted by Gasteiger charge is 2.37. The van der Waals surface area contributed by atoms with Gasteiger partial charge in [-0.1, -0.05) is 0 Å². The van der Waals surface area contributed by atoms with E-state index in [-0.39, 0.29) is 5.56 Å². The van der Waals surface area contributed by atoms with E-state index in [9.17, 15) is 13.2 Å². The third-order valence-electron chi connectivity index (χ3n) is 1.62. The molecule has 0 spiro atoms. The summed E-state index contributed by atoms with van der Waals surface area (Å²) in [4.78, 5) is 0. The van der Waals surface area contributed by atoms with Crippen LogP contribution in [-0.2, 0) is 13.2 Å². The van der Waals surface area contributed by atoms with Crippen molar-refractivity contribution in [3.05, 3.63) is 17.5 Å².